The molecule has 0 N–H and O–H groups in total. The maximum Gasteiger partial charge on any atom is 0.195 e. The minimum Gasteiger partial charge on any atom is -0.296 e. The van der Waals surface area contributed by atoms with Crippen molar-refractivity contribution in [2.45, 2.75) is 6.92 Å². The molecule has 0 amide bonds. The summed E-state index contributed by atoms with van der Waals surface area (Å²) in [7, 11) is 0. The highest BCUT2D eigenvalue weighted by Crippen LogP contribution is 2.33. The molecular formula is C19H13ClN2OS. The average molecular weight is 353 g/mol. The Bertz CT molecular complexity index is 1050. The van der Waals surface area contributed by atoms with Gasteiger partial charge in [-0.25, -0.2) is 4.98 Å². The zero-order valence-corrected chi connectivity index (χ0v) is 14.4. The van der Waals surface area contributed by atoms with Gasteiger partial charge in [-0.05, 0) is 30.2 Å². The van der Waals surface area contributed by atoms with Gasteiger partial charge in [0.25, 0.3) is 0 Å². The Morgan fingerprint density at radius 2 is 1.92 bits per heavy atom. The standard InChI is InChI=1S/C19H13ClN2OS/c1-12-9-14(7-8-15(12)20)18-16(11-23)22-10-17(24-19(22)21-18)13-5-3-2-4-6-13/h2-11H,1H3. The Morgan fingerprint density at radius 1 is 1.12 bits per heavy atom. The summed E-state index contributed by atoms with van der Waals surface area (Å²) < 4.78 is 1.86. The van der Waals surface area contributed by atoms with Gasteiger partial charge in [0.05, 0.1) is 4.88 Å². The molecule has 0 radical (unpaired) electrons. The highest BCUT2D eigenvalue weighted by atomic mass is 35.5. The number of nitrogens with zero attached hydrogens (tertiary/aromatic N) is 2. The first-order valence-electron chi connectivity index (χ1n) is 7.46. The van der Waals surface area contributed by atoms with Crippen molar-refractivity contribution in [1.29, 1.82) is 0 Å². The van der Waals surface area contributed by atoms with Gasteiger partial charge in [-0.1, -0.05) is 59.3 Å². The number of carbonyl (C=O) groups excluding carboxylic acids is 1. The molecule has 0 fully saturated rings. The van der Waals surface area contributed by atoms with Crippen LogP contribution < -0.4 is 0 Å². The Balaban J connectivity index is 1.88. The molecule has 2 aromatic carbocycles. The van der Waals surface area contributed by atoms with Crippen LogP contribution in [0.1, 0.15) is 16.1 Å². The summed E-state index contributed by atoms with van der Waals surface area (Å²) in [6, 6.07) is 15.8. The molecule has 0 aliphatic carbocycles. The molecule has 0 spiro atoms. The molecule has 0 saturated heterocycles. The fourth-order valence-electron chi connectivity index (χ4n) is 2.72. The number of hydrogen-bond acceptors (Lipinski definition) is 3. The van der Waals surface area contributed by atoms with Gasteiger partial charge in [0.15, 0.2) is 11.2 Å². The number of aromatic nitrogens is 2. The first-order chi connectivity index (χ1) is 11.7. The molecule has 2 heterocycles. The summed E-state index contributed by atoms with van der Waals surface area (Å²) in [5.41, 5.74) is 4.23. The number of aryl methyl sites for hydroxylation is 1. The normalized spacial score (nSPS) is 11.1. The van der Waals surface area contributed by atoms with E-state index in [9.17, 15) is 4.79 Å². The van der Waals surface area contributed by atoms with Gasteiger partial charge in [-0.3, -0.25) is 9.20 Å². The Labute approximate surface area is 148 Å². The van der Waals surface area contributed by atoms with Crippen molar-refractivity contribution in [2.24, 2.45) is 0 Å². The molecular weight excluding hydrogens is 340 g/mol. The van der Waals surface area contributed by atoms with Gasteiger partial charge in [-0.15, -0.1) is 0 Å². The predicted octanol–water partition coefficient (Wildman–Crippen LogP) is 5.50. The Morgan fingerprint density at radius 3 is 2.62 bits per heavy atom. The maximum absolute atomic E-state index is 11.7. The second-order valence-corrected chi connectivity index (χ2v) is 6.96. The van der Waals surface area contributed by atoms with Crippen LogP contribution in [-0.2, 0) is 0 Å². The van der Waals surface area contributed by atoms with Crippen molar-refractivity contribution in [3.05, 3.63) is 71.0 Å². The van der Waals surface area contributed by atoms with Gasteiger partial charge < -0.3 is 0 Å². The second kappa shape index (κ2) is 5.89. The zero-order chi connectivity index (χ0) is 16.7. The first kappa shape index (κ1) is 15.1. The van der Waals surface area contributed by atoms with E-state index in [2.05, 4.69) is 17.1 Å². The molecule has 0 atom stereocenters. The van der Waals surface area contributed by atoms with Crippen LogP contribution in [-0.4, -0.2) is 15.7 Å². The molecule has 0 saturated carbocycles. The van der Waals surface area contributed by atoms with Crippen molar-refractivity contribution >= 4 is 34.2 Å². The van der Waals surface area contributed by atoms with E-state index >= 15 is 0 Å². The number of rotatable bonds is 3. The van der Waals surface area contributed by atoms with Crippen molar-refractivity contribution < 1.29 is 4.79 Å². The van der Waals surface area contributed by atoms with Gasteiger partial charge in [0, 0.05) is 16.8 Å². The number of imidazole rings is 1. The van der Waals surface area contributed by atoms with Crippen LogP contribution in [0.15, 0.2) is 54.7 Å². The third-order valence-corrected chi connectivity index (χ3v) is 5.42. The van der Waals surface area contributed by atoms with Crippen LogP contribution >= 0.6 is 22.9 Å². The van der Waals surface area contributed by atoms with E-state index < -0.39 is 0 Å². The van der Waals surface area contributed by atoms with Crippen molar-refractivity contribution in [2.75, 3.05) is 0 Å². The van der Waals surface area contributed by atoms with Gasteiger partial charge in [-0.2, -0.15) is 0 Å². The minimum atomic E-state index is 0.560. The number of thiazole rings is 1. The third-order valence-electron chi connectivity index (χ3n) is 3.96. The summed E-state index contributed by atoms with van der Waals surface area (Å²) in [6.07, 6.45) is 2.83. The molecule has 4 rings (SSSR count). The SMILES string of the molecule is Cc1cc(-c2nc3sc(-c4ccccc4)cn3c2C=O)ccc1Cl. The number of benzene rings is 2. The zero-order valence-electron chi connectivity index (χ0n) is 12.9. The second-order valence-electron chi connectivity index (χ2n) is 5.54. The molecule has 24 heavy (non-hydrogen) atoms. The lowest BCUT2D eigenvalue weighted by atomic mass is 10.1. The Hall–Kier alpha value is -2.43. The molecule has 0 aliphatic heterocycles. The fraction of sp³-hybridized carbons (Fsp3) is 0.0526. The number of carbonyl (C=O) groups is 1. The topological polar surface area (TPSA) is 34.4 Å². The molecule has 0 aliphatic rings. The van der Waals surface area contributed by atoms with Crippen molar-refractivity contribution in [3.8, 4) is 21.7 Å². The van der Waals surface area contributed by atoms with E-state index in [1.807, 2.05) is 53.9 Å². The lowest BCUT2D eigenvalue weighted by molar-refractivity contribution is 0.111. The first-order valence-corrected chi connectivity index (χ1v) is 8.66. The lowest BCUT2D eigenvalue weighted by Crippen LogP contribution is -1.91. The van der Waals surface area contributed by atoms with Gasteiger partial charge in [0.2, 0.25) is 0 Å². The molecule has 2 aromatic heterocycles. The van der Waals surface area contributed by atoms with E-state index in [0.29, 0.717) is 16.4 Å². The summed E-state index contributed by atoms with van der Waals surface area (Å²) in [5, 5.41) is 0.707. The van der Waals surface area contributed by atoms with Crippen LogP contribution in [0.25, 0.3) is 26.7 Å². The van der Waals surface area contributed by atoms with Crippen LogP contribution in [0.2, 0.25) is 5.02 Å². The summed E-state index contributed by atoms with van der Waals surface area (Å²) >= 11 is 7.66. The summed E-state index contributed by atoms with van der Waals surface area (Å²) in [4.78, 5) is 18.3. The highest BCUT2D eigenvalue weighted by Gasteiger charge is 2.17. The molecule has 4 aromatic rings. The average Bonchev–Trinajstić information content (AvgIpc) is 3.15. The molecule has 0 unspecified atom stereocenters. The van der Waals surface area contributed by atoms with Crippen LogP contribution in [0.4, 0.5) is 0 Å². The van der Waals surface area contributed by atoms with Gasteiger partial charge in [0.1, 0.15) is 11.4 Å². The van der Waals surface area contributed by atoms with E-state index in [1.165, 1.54) is 0 Å². The molecule has 3 nitrogen and oxygen atoms in total. The van der Waals surface area contributed by atoms with Gasteiger partial charge >= 0.3 is 0 Å². The molecule has 118 valence electrons. The highest BCUT2D eigenvalue weighted by molar-refractivity contribution is 7.20. The quantitative estimate of drug-likeness (QED) is 0.456. The van der Waals surface area contributed by atoms with Crippen LogP contribution in [0, 0.1) is 6.92 Å². The number of fused-ring (bicyclic) bond motifs is 1. The third kappa shape index (κ3) is 2.44. The van der Waals surface area contributed by atoms with E-state index in [4.69, 9.17) is 11.6 Å². The lowest BCUT2D eigenvalue weighted by Gasteiger charge is -2.02. The summed E-state index contributed by atoms with van der Waals surface area (Å²) in [5.74, 6) is 0. The van der Waals surface area contributed by atoms with Crippen molar-refractivity contribution in [1.82, 2.24) is 9.38 Å². The largest absolute Gasteiger partial charge is 0.296 e. The summed E-state index contributed by atoms with van der Waals surface area (Å²) in [6.45, 7) is 1.94. The van der Waals surface area contributed by atoms with E-state index in [-0.39, 0.29) is 0 Å². The molecule has 5 heteroatoms. The smallest absolute Gasteiger partial charge is 0.195 e. The number of hydrogen-bond donors (Lipinski definition) is 0. The van der Waals surface area contributed by atoms with E-state index in [0.717, 1.165) is 32.8 Å². The van der Waals surface area contributed by atoms with Crippen LogP contribution in [0.3, 0.4) is 0 Å². The number of aldehydes is 1. The predicted molar refractivity (Wildman–Crippen MR) is 99.1 cm³/mol. The number of halogens is 1. The Kier molecular flexibility index (Phi) is 3.71. The van der Waals surface area contributed by atoms with Crippen LogP contribution in [0.5, 0.6) is 0 Å². The molecule has 0 bridgehead atoms. The fourth-order valence-corrected chi connectivity index (χ4v) is 3.83. The van der Waals surface area contributed by atoms with Crippen molar-refractivity contribution in [3.63, 3.8) is 0 Å². The monoisotopic (exact) mass is 352 g/mol. The minimum absolute atomic E-state index is 0.560. The van der Waals surface area contributed by atoms with E-state index in [1.54, 1.807) is 11.3 Å². The maximum atomic E-state index is 11.7.